The number of thiazole rings is 1. The summed E-state index contributed by atoms with van der Waals surface area (Å²) in [5.41, 5.74) is 0.955. The van der Waals surface area contributed by atoms with Crippen molar-refractivity contribution in [3.63, 3.8) is 0 Å². The molecule has 1 aliphatic heterocycles. The Morgan fingerprint density at radius 3 is 2.86 bits per heavy atom. The van der Waals surface area contributed by atoms with E-state index >= 15 is 0 Å². The summed E-state index contributed by atoms with van der Waals surface area (Å²) in [5.74, 6) is -0.713. The summed E-state index contributed by atoms with van der Waals surface area (Å²) in [4.78, 5) is 35.5. The Hall–Kier alpha value is -2.56. The van der Waals surface area contributed by atoms with E-state index in [1.807, 2.05) is 6.92 Å². The van der Waals surface area contributed by atoms with Crippen LogP contribution < -0.4 is 15.5 Å². The predicted molar refractivity (Wildman–Crippen MR) is 106 cm³/mol. The predicted octanol–water partition coefficient (Wildman–Crippen LogP) is 1.39. The first kappa shape index (κ1) is 20.2. The van der Waals surface area contributed by atoms with E-state index in [0.29, 0.717) is 18.0 Å². The fraction of sp³-hybridized carbons (Fsp3) is 0.444. The largest absolute Gasteiger partial charge is 0.383 e. The summed E-state index contributed by atoms with van der Waals surface area (Å²) in [6, 6.07) is 1.41. The number of carbonyl (C=O) groups excluding carboxylic acids is 2. The van der Waals surface area contributed by atoms with Crippen LogP contribution >= 0.6 is 11.3 Å². The normalized spacial score (nSPS) is 15.0. The summed E-state index contributed by atoms with van der Waals surface area (Å²) in [7, 11) is 3.25. The molecule has 1 atom stereocenters. The van der Waals surface area contributed by atoms with Crippen molar-refractivity contribution in [1.82, 2.24) is 15.3 Å². The summed E-state index contributed by atoms with van der Waals surface area (Å²) in [6.07, 6.45) is 3.14. The van der Waals surface area contributed by atoms with Crippen molar-refractivity contribution in [3.8, 4) is 0 Å². The second-order valence-corrected chi connectivity index (χ2v) is 7.32. The molecule has 3 rings (SSSR count). The van der Waals surface area contributed by atoms with Crippen molar-refractivity contribution in [2.24, 2.45) is 0 Å². The molecule has 0 aliphatic carbocycles. The van der Waals surface area contributed by atoms with Gasteiger partial charge in [-0.3, -0.25) is 14.6 Å². The second kappa shape index (κ2) is 9.09. The van der Waals surface area contributed by atoms with E-state index in [1.165, 1.54) is 23.7 Å². The van der Waals surface area contributed by atoms with E-state index in [9.17, 15) is 9.59 Å². The quantitative estimate of drug-likeness (QED) is 0.684. The van der Waals surface area contributed by atoms with Crippen LogP contribution in [0.4, 0.5) is 10.8 Å². The van der Waals surface area contributed by atoms with Gasteiger partial charge >= 0.3 is 0 Å². The fourth-order valence-electron chi connectivity index (χ4n) is 2.72. The molecule has 0 aromatic carbocycles. The third-order valence-corrected chi connectivity index (χ3v) is 5.19. The Balaban J connectivity index is 1.66. The van der Waals surface area contributed by atoms with Gasteiger partial charge in [-0.1, -0.05) is 0 Å². The minimum absolute atomic E-state index is 0.171. The van der Waals surface area contributed by atoms with Crippen LogP contribution in [0.5, 0.6) is 0 Å². The standard InChI is InChI=1S/C18H23N5O4S/c1-11(9-26-2)20-16(24)13-6-19-5-4-14(13)21-17(25)15-10-28-18(22-15)23-7-12(8-23)27-3/h4-6,10-12H,7-9H2,1-3H3,(H,20,24)(H,19,21,25)/t11-/m1/s1. The van der Waals surface area contributed by atoms with Gasteiger partial charge in [0.2, 0.25) is 0 Å². The lowest BCUT2D eigenvalue weighted by molar-refractivity contribution is 0.0787. The number of amides is 2. The highest BCUT2D eigenvalue weighted by molar-refractivity contribution is 7.14. The number of nitrogens with zero attached hydrogens (tertiary/aromatic N) is 3. The first-order valence-electron chi connectivity index (χ1n) is 8.80. The molecule has 0 saturated carbocycles. The van der Waals surface area contributed by atoms with E-state index in [-0.39, 0.29) is 29.5 Å². The van der Waals surface area contributed by atoms with Crippen molar-refractivity contribution >= 4 is 34.0 Å². The number of pyridine rings is 1. The number of carbonyl (C=O) groups is 2. The van der Waals surface area contributed by atoms with E-state index < -0.39 is 0 Å². The van der Waals surface area contributed by atoms with Gasteiger partial charge in [-0.25, -0.2) is 4.98 Å². The van der Waals surface area contributed by atoms with Gasteiger partial charge in [-0.15, -0.1) is 11.3 Å². The molecule has 3 heterocycles. The Morgan fingerprint density at radius 2 is 2.14 bits per heavy atom. The molecule has 2 amide bonds. The topological polar surface area (TPSA) is 106 Å². The molecule has 0 spiro atoms. The van der Waals surface area contributed by atoms with Gasteiger partial charge in [0.25, 0.3) is 11.8 Å². The lowest BCUT2D eigenvalue weighted by atomic mass is 10.2. The summed E-state index contributed by atoms with van der Waals surface area (Å²) >= 11 is 1.40. The molecule has 150 valence electrons. The van der Waals surface area contributed by atoms with Gasteiger partial charge in [0, 0.05) is 51.1 Å². The Labute approximate surface area is 167 Å². The maximum absolute atomic E-state index is 12.6. The monoisotopic (exact) mass is 405 g/mol. The van der Waals surface area contributed by atoms with Crippen LogP contribution in [0.1, 0.15) is 27.8 Å². The number of hydrogen-bond donors (Lipinski definition) is 2. The highest BCUT2D eigenvalue weighted by atomic mass is 32.1. The number of hydrogen-bond acceptors (Lipinski definition) is 8. The number of ether oxygens (including phenoxy) is 2. The average Bonchev–Trinajstić information content (AvgIpc) is 3.11. The van der Waals surface area contributed by atoms with Gasteiger partial charge in [-0.2, -0.15) is 0 Å². The molecule has 1 saturated heterocycles. The third-order valence-electron chi connectivity index (χ3n) is 4.28. The fourth-order valence-corrected chi connectivity index (χ4v) is 3.55. The van der Waals surface area contributed by atoms with Crippen LogP contribution in [0.3, 0.4) is 0 Å². The van der Waals surface area contributed by atoms with Crippen molar-refractivity contribution in [1.29, 1.82) is 0 Å². The first-order chi connectivity index (χ1) is 13.5. The zero-order chi connectivity index (χ0) is 20.1. The minimum atomic E-state index is -0.378. The molecule has 2 N–H and O–H groups in total. The average molecular weight is 405 g/mol. The smallest absolute Gasteiger partial charge is 0.275 e. The molecule has 2 aromatic rings. The highest BCUT2D eigenvalue weighted by Crippen LogP contribution is 2.26. The van der Waals surface area contributed by atoms with Crippen molar-refractivity contribution < 1.29 is 19.1 Å². The number of methoxy groups -OCH3 is 2. The Kier molecular flexibility index (Phi) is 6.55. The second-order valence-electron chi connectivity index (χ2n) is 6.48. The first-order valence-corrected chi connectivity index (χ1v) is 9.68. The SMILES string of the molecule is COC[C@@H](C)NC(=O)c1cnccc1NC(=O)c1csc(N2CC(OC)C2)n1. The van der Waals surface area contributed by atoms with Crippen molar-refractivity contribution in [2.45, 2.75) is 19.1 Å². The van der Waals surface area contributed by atoms with Crippen molar-refractivity contribution in [2.75, 3.05) is 44.1 Å². The molecule has 2 aromatic heterocycles. The number of aromatic nitrogens is 2. The lowest BCUT2D eigenvalue weighted by Gasteiger charge is -2.37. The van der Waals surface area contributed by atoms with E-state index in [2.05, 4.69) is 25.5 Å². The molecule has 1 aliphatic rings. The van der Waals surface area contributed by atoms with Crippen LogP contribution in [0.25, 0.3) is 0 Å². The Bertz CT molecular complexity index is 837. The van der Waals surface area contributed by atoms with Gasteiger partial charge in [0.1, 0.15) is 5.69 Å². The van der Waals surface area contributed by atoms with E-state index in [0.717, 1.165) is 18.2 Å². The maximum Gasteiger partial charge on any atom is 0.275 e. The number of rotatable bonds is 8. The van der Waals surface area contributed by atoms with Gasteiger partial charge < -0.3 is 25.0 Å². The Morgan fingerprint density at radius 1 is 1.36 bits per heavy atom. The highest BCUT2D eigenvalue weighted by Gasteiger charge is 2.29. The minimum Gasteiger partial charge on any atom is -0.383 e. The van der Waals surface area contributed by atoms with E-state index in [4.69, 9.17) is 9.47 Å². The van der Waals surface area contributed by atoms with Gasteiger partial charge in [-0.05, 0) is 13.0 Å². The van der Waals surface area contributed by atoms with Crippen LogP contribution in [0, 0.1) is 0 Å². The molecule has 10 heteroatoms. The molecule has 1 fully saturated rings. The molecular weight excluding hydrogens is 382 g/mol. The van der Waals surface area contributed by atoms with E-state index in [1.54, 1.807) is 25.7 Å². The molecule has 28 heavy (non-hydrogen) atoms. The van der Waals surface area contributed by atoms with Gasteiger partial charge in [0.15, 0.2) is 5.13 Å². The molecular formula is C18H23N5O4S. The lowest BCUT2D eigenvalue weighted by Crippen LogP contribution is -2.51. The third kappa shape index (κ3) is 4.64. The van der Waals surface area contributed by atoms with Crippen molar-refractivity contribution in [3.05, 3.63) is 35.1 Å². The van der Waals surface area contributed by atoms with Gasteiger partial charge in [0.05, 0.1) is 24.0 Å². The molecule has 0 bridgehead atoms. The maximum atomic E-state index is 12.6. The molecule has 0 unspecified atom stereocenters. The molecule has 0 radical (unpaired) electrons. The van der Waals surface area contributed by atoms with Crippen LogP contribution in [-0.4, -0.2) is 67.8 Å². The summed E-state index contributed by atoms with van der Waals surface area (Å²) in [6.45, 7) is 3.74. The number of nitrogens with one attached hydrogen (secondary N) is 2. The van der Waals surface area contributed by atoms with Crippen LogP contribution in [-0.2, 0) is 9.47 Å². The summed E-state index contributed by atoms with van der Waals surface area (Å²) < 4.78 is 10.3. The zero-order valence-corrected chi connectivity index (χ0v) is 16.8. The summed E-state index contributed by atoms with van der Waals surface area (Å²) in [5, 5.41) is 8.04. The van der Waals surface area contributed by atoms with Crippen LogP contribution in [0.15, 0.2) is 23.8 Å². The van der Waals surface area contributed by atoms with Crippen LogP contribution in [0.2, 0.25) is 0 Å². The molecule has 9 nitrogen and oxygen atoms in total. The zero-order valence-electron chi connectivity index (χ0n) is 16.0. The number of anilines is 2.